The molecule has 150 valence electrons. The first-order chi connectivity index (χ1) is 13.5. The Kier molecular flexibility index (Phi) is 5.76. The van der Waals surface area contributed by atoms with Gasteiger partial charge in [0.25, 0.3) is 0 Å². The highest BCUT2D eigenvalue weighted by Crippen LogP contribution is 2.36. The lowest BCUT2D eigenvalue weighted by Gasteiger charge is -2.36. The molecule has 2 aliphatic carbocycles. The van der Waals surface area contributed by atoms with Crippen molar-refractivity contribution in [2.45, 2.75) is 76.5 Å². The molecule has 1 heterocycles. The standard InChI is InChI=1S/C22H30N4OS/c1-15-8-10-18(11-9-15)26(19-12-13-19)21(27)14-28-22-24-23-17(3)25(22)20-7-5-4-6-16(20)2/h4-7,15,18-19H,8-14H2,1-3H3. The lowest BCUT2D eigenvalue weighted by Crippen LogP contribution is -2.44. The number of amides is 1. The van der Waals surface area contributed by atoms with Gasteiger partial charge in [-0.25, -0.2) is 0 Å². The fourth-order valence-corrected chi connectivity index (χ4v) is 5.17. The molecule has 0 N–H and O–H groups in total. The minimum atomic E-state index is 0.268. The predicted molar refractivity (Wildman–Crippen MR) is 113 cm³/mol. The number of para-hydroxylation sites is 1. The molecule has 2 saturated carbocycles. The molecule has 4 rings (SSSR count). The van der Waals surface area contributed by atoms with Crippen LogP contribution in [0.2, 0.25) is 0 Å². The first-order valence-electron chi connectivity index (χ1n) is 10.5. The minimum Gasteiger partial charge on any atom is -0.336 e. The zero-order valence-electron chi connectivity index (χ0n) is 17.1. The van der Waals surface area contributed by atoms with Crippen molar-refractivity contribution in [2.75, 3.05) is 5.75 Å². The number of carbonyl (C=O) groups excluding carboxylic acids is 1. The minimum absolute atomic E-state index is 0.268. The topological polar surface area (TPSA) is 51.0 Å². The van der Waals surface area contributed by atoms with Crippen molar-refractivity contribution in [1.29, 1.82) is 0 Å². The highest BCUT2D eigenvalue weighted by Gasteiger charge is 2.38. The van der Waals surface area contributed by atoms with Crippen molar-refractivity contribution >= 4 is 17.7 Å². The molecule has 1 amide bonds. The van der Waals surface area contributed by atoms with Crippen LogP contribution in [0.4, 0.5) is 0 Å². The average molecular weight is 399 g/mol. The van der Waals surface area contributed by atoms with Gasteiger partial charge in [0, 0.05) is 12.1 Å². The fraction of sp³-hybridized carbons (Fsp3) is 0.591. The Hall–Kier alpha value is -1.82. The van der Waals surface area contributed by atoms with Gasteiger partial charge in [0.05, 0.1) is 11.4 Å². The molecule has 0 radical (unpaired) electrons. The molecule has 0 aliphatic heterocycles. The summed E-state index contributed by atoms with van der Waals surface area (Å²) >= 11 is 1.52. The number of nitrogens with zero attached hydrogens (tertiary/aromatic N) is 4. The Labute approximate surface area is 171 Å². The quantitative estimate of drug-likeness (QED) is 0.670. The molecule has 0 spiro atoms. The average Bonchev–Trinajstić information content (AvgIpc) is 3.45. The van der Waals surface area contributed by atoms with Crippen LogP contribution in [-0.4, -0.2) is 43.4 Å². The van der Waals surface area contributed by atoms with Crippen LogP contribution < -0.4 is 0 Å². The van der Waals surface area contributed by atoms with Gasteiger partial charge in [0.15, 0.2) is 5.16 Å². The molecular formula is C22H30N4OS. The van der Waals surface area contributed by atoms with Crippen molar-refractivity contribution in [2.24, 2.45) is 5.92 Å². The van der Waals surface area contributed by atoms with E-state index in [4.69, 9.17) is 0 Å². The summed E-state index contributed by atoms with van der Waals surface area (Å²) in [5.74, 6) is 2.36. The zero-order valence-corrected chi connectivity index (χ0v) is 17.9. The number of carbonyl (C=O) groups is 1. The smallest absolute Gasteiger partial charge is 0.233 e. The van der Waals surface area contributed by atoms with Crippen LogP contribution in [0.1, 0.15) is 56.8 Å². The van der Waals surface area contributed by atoms with Crippen molar-refractivity contribution in [3.63, 3.8) is 0 Å². The van der Waals surface area contributed by atoms with Crippen molar-refractivity contribution < 1.29 is 4.79 Å². The van der Waals surface area contributed by atoms with E-state index >= 15 is 0 Å². The predicted octanol–water partition coefficient (Wildman–Crippen LogP) is 4.55. The maximum absolute atomic E-state index is 13.1. The van der Waals surface area contributed by atoms with Crippen LogP contribution in [0, 0.1) is 19.8 Å². The second-order valence-electron chi connectivity index (χ2n) is 8.39. The van der Waals surface area contributed by atoms with Crippen molar-refractivity contribution in [3.8, 4) is 5.69 Å². The number of aryl methyl sites for hydroxylation is 2. The van der Waals surface area contributed by atoms with Crippen LogP contribution in [0.5, 0.6) is 0 Å². The van der Waals surface area contributed by atoms with E-state index in [1.165, 1.54) is 43.0 Å². The SMILES string of the molecule is Cc1ccccc1-n1c(C)nnc1SCC(=O)N(C1CCC(C)CC1)C1CC1. The first kappa shape index (κ1) is 19.5. The van der Waals surface area contributed by atoms with Gasteiger partial charge in [-0.15, -0.1) is 10.2 Å². The van der Waals surface area contributed by atoms with Gasteiger partial charge in [-0.1, -0.05) is 36.9 Å². The lowest BCUT2D eigenvalue weighted by molar-refractivity contribution is -0.132. The molecule has 5 nitrogen and oxygen atoms in total. The number of thioether (sulfide) groups is 1. The van der Waals surface area contributed by atoms with E-state index in [1.54, 1.807) is 0 Å². The Balaban J connectivity index is 1.47. The molecule has 0 unspecified atom stereocenters. The summed E-state index contributed by atoms with van der Waals surface area (Å²) in [5.41, 5.74) is 2.26. The summed E-state index contributed by atoms with van der Waals surface area (Å²) in [7, 11) is 0. The molecule has 2 aliphatic rings. The number of benzene rings is 1. The summed E-state index contributed by atoms with van der Waals surface area (Å²) < 4.78 is 2.07. The van der Waals surface area contributed by atoms with Gasteiger partial charge in [0.1, 0.15) is 5.82 Å². The maximum Gasteiger partial charge on any atom is 0.233 e. The third kappa shape index (κ3) is 4.12. The lowest BCUT2D eigenvalue weighted by atomic mass is 9.86. The first-order valence-corrected chi connectivity index (χ1v) is 11.4. The van der Waals surface area contributed by atoms with E-state index in [0.29, 0.717) is 17.8 Å². The van der Waals surface area contributed by atoms with Gasteiger partial charge in [-0.05, 0) is 69.9 Å². The highest BCUT2D eigenvalue weighted by atomic mass is 32.2. The third-order valence-corrected chi connectivity index (χ3v) is 7.00. The van der Waals surface area contributed by atoms with Crippen LogP contribution in [0.15, 0.2) is 29.4 Å². The maximum atomic E-state index is 13.1. The van der Waals surface area contributed by atoms with Crippen molar-refractivity contribution in [3.05, 3.63) is 35.7 Å². The van der Waals surface area contributed by atoms with Crippen LogP contribution in [0.25, 0.3) is 5.69 Å². The molecule has 2 fully saturated rings. The number of hydrogen-bond donors (Lipinski definition) is 0. The van der Waals surface area contributed by atoms with Crippen LogP contribution in [0.3, 0.4) is 0 Å². The number of rotatable bonds is 6. The van der Waals surface area contributed by atoms with Crippen LogP contribution >= 0.6 is 11.8 Å². The molecule has 0 saturated heterocycles. The van der Waals surface area contributed by atoms with E-state index in [0.717, 1.165) is 35.4 Å². The van der Waals surface area contributed by atoms with Gasteiger partial charge in [-0.2, -0.15) is 0 Å². The highest BCUT2D eigenvalue weighted by molar-refractivity contribution is 7.99. The molecule has 1 aromatic carbocycles. The molecule has 0 bridgehead atoms. The third-order valence-electron chi connectivity index (χ3n) is 6.08. The molecular weight excluding hydrogens is 368 g/mol. The second kappa shape index (κ2) is 8.27. The monoisotopic (exact) mass is 398 g/mol. The molecule has 1 aromatic heterocycles. The van der Waals surface area contributed by atoms with E-state index < -0.39 is 0 Å². The zero-order chi connectivity index (χ0) is 19.7. The van der Waals surface area contributed by atoms with Gasteiger partial charge < -0.3 is 4.90 Å². The van der Waals surface area contributed by atoms with E-state index in [9.17, 15) is 4.79 Å². The summed E-state index contributed by atoms with van der Waals surface area (Å²) in [5, 5.41) is 9.42. The van der Waals surface area contributed by atoms with Gasteiger partial charge in [0.2, 0.25) is 5.91 Å². The van der Waals surface area contributed by atoms with Crippen molar-refractivity contribution in [1.82, 2.24) is 19.7 Å². The summed E-state index contributed by atoms with van der Waals surface area (Å²) in [6, 6.07) is 9.15. The number of hydrogen-bond acceptors (Lipinski definition) is 4. The Bertz CT molecular complexity index is 837. The Morgan fingerprint density at radius 1 is 1.07 bits per heavy atom. The summed E-state index contributed by atoms with van der Waals surface area (Å²) in [6.07, 6.45) is 7.14. The molecule has 0 atom stereocenters. The fourth-order valence-electron chi connectivity index (χ4n) is 4.31. The van der Waals surface area contributed by atoms with E-state index in [1.807, 2.05) is 19.1 Å². The largest absolute Gasteiger partial charge is 0.336 e. The molecule has 28 heavy (non-hydrogen) atoms. The number of aromatic nitrogens is 3. The Morgan fingerprint density at radius 2 is 1.71 bits per heavy atom. The second-order valence-corrected chi connectivity index (χ2v) is 9.33. The normalized spacial score (nSPS) is 22.2. The Morgan fingerprint density at radius 3 is 2.36 bits per heavy atom. The summed E-state index contributed by atoms with van der Waals surface area (Å²) in [4.78, 5) is 15.4. The van der Waals surface area contributed by atoms with Gasteiger partial charge in [-0.3, -0.25) is 9.36 Å². The van der Waals surface area contributed by atoms with Crippen LogP contribution in [-0.2, 0) is 4.79 Å². The van der Waals surface area contributed by atoms with Gasteiger partial charge >= 0.3 is 0 Å². The summed E-state index contributed by atoms with van der Waals surface area (Å²) in [6.45, 7) is 6.38. The van der Waals surface area contributed by atoms with E-state index in [-0.39, 0.29) is 5.91 Å². The van der Waals surface area contributed by atoms with E-state index in [2.05, 4.69) is 45.6 Å². The molecule has 2 aromatic rings. The molecule has 6 heteroatoms.